The van der Waals surface area contributed by atoms with Crippen molar-refractivity contribution in [3.8, 4) is 0 Å². The second-order valence-electron chi connectivity index (χ2n) is 7.92. The molecular formula is C25H28O3Si. The maximum absolute atomic E-state index is 6.37. The number of hydrogen-bond acceptors (Lipinski definition) is 3. The maximum Gasteiger partial charge on any atom is 0.182 e. The standard InChI is InChI=1S/C25H28O3Si/c1-25(2,26-3)27-19-23-24(28-23)29(20-13-7-4-8-14-20,21-15-9-5-10-16-21)22-17-11-6-12-18-22/h4-18,23-24H,19H2,1-3H3/t23-,24-/m1/s1. The minimum absolute atomic E-state index is 0.0525. The quantitative estimate of drug-likeness (QED) is 0.250. The third kappa shape index (κ3) is 3.94. The van der Waals surface area contributed by atoms with Gasteiger partial charge in [-0.25, -0.2) is 0 Å². The Morgan fingerprint density at radius 2 is 1.17 bits per heavy atom. The van der Waals surface area contributed by atoms with E-state index in [0.29, 0.717) is 6.61 Å². The van der Waals surface area contributed by atoms with Gasteiger partial charge in [0.25, 0.3) is 0 Å². The molecule has 0 aliphatic carbocycles. The van der Waals surface area contributed by atoms with Crippen molar-refractivity contribution in [1.29, 1.82) is 0 Å². The first-order chi connectivity index (χ1) is 14.1. The molecule has 3 aromatic rings. The topological polar surface area (TPSA) is 31.0 Å². The molecule has 3 nitrogen and oxygen atoms in total. The van der Waals surface area contributed by atoms with Gasteiger partial charge in [-0.3, -0.25) is 0 Å². The summed E-state index contributed by atoms with van der Waals surface area (Å²) in [6.07, 6.45) is 0.0525. The van der Waals surface area contributed by atoms with Crippen LogP contribution in [0, 0.1) is 0 Å². The number of methoxy groups -OCH3 is 1. The minimum Gasteiger partial charge on any atom is -0.370 e. The summed E-state index contributed by atoms with van der Waals surface area (Å²) in [5, 5.41) is 4.07. The van der Waals surface area contributed by atoms with Crippen LogP contribution in [0.3, 0.4) is 0 Å². The first-order valence-corrected chi connectivity index (χ1v) is 12.2. The Labute approximate surface area is 174 Å². The predicted molar refractivity (Wildman–Crippen MR) is 120 cm³/mol. The van der Waals surface area contributed by atoms with E-state index in [1.807, 2.05) is 13.8 Å². The van der Waals surface area contributed by atoms with Crippen molar-refractivity contribution in [2.45, 2.75) is 31.5 Å². The molecule has 0 saturated carbocycles. The minimum atomic E-state index is -2.40. The van der Waals surface area contributed by atoms with Crippen molar-refractivity contribution in [1.82, 2.24) is 0 Å². The Morgan fingerprint density at radius 1 is 0.759 bits per heavy atom. The molecule has 1 saturated heterocycles. The van der Waals surface area contributed by atoms with E-state index in [4.69, 9.17) is 14.2 Å². The summed E-state index contributed by atoms with van der Waals surface area (Å²) in [5.41, 5.74) is 0.113. The van der Waals surface area contributed by atoms with Crippen molar-refractivity contribution in [2.24, 2.45) is 0 Å². The van der Waals surface area contributed by atoms with Crippen LogP contribution in [-0.2, 0) is 14.2 Å². The molecular weight excluding hydrogens is 376 g/mol. The van der Waals surface area contributed by atoms with Gasteiger partial charge in [-0.2, -0.15) is 0 Å². The highest BCUT2D eigenvalue weighted by molar-refractivity contribution is 7.12. The Hall–Kier alpha value is -2.24. The summed E-state index contributed by atoms with van der Waals surface area (Å²) in [5.74, 6) is -0.618. The van der Waals surface area contributed by atoms with Crippen LogP contribution in [0.2, 0.25) is 0 Å². The van der Waals surface area contributed by atoms with E-state index in [2.05, 4.69) is 91.0 Å². The smallest absolute Gasteiger partial charge is 0.182 e. The third-order valence-corrected chi connectivity index (χ3v) is 10.9. The average molecular weight is 405 g/mol. The van der Waals surface area contributed by atoms with Gasteiger partial charge in [0.05, 0.1) is 12.3 Å². The van der Waals surface area contributed by atoms with Crippen molar-refractivity contribution in [3.05, 3.63) is 91.0 Å². The lowest BCUT2D eigenvalue weighted by atomic mass is 10.3. The summed E-state index contributed by atoms with van der Waals surface area (Å²) in [6.45, 7) is 4.38. The Balaban J connectivity index is 1.80. The highest BCUT2D eigenvalue weighted by Crippen LogP contribution is 2.32. The largest absolute Gasteiger partial charge is 0.370 e. The van der Waals surface area contributed by atoms with E-state index in [9.17, 15) is 0 Å². The van der Waals surface area contributed by atoms with Crippen LogP contribution >= 0.6 is 0 Å². The van der Waals surface area contributed by atoms with E-state index in [-0.39, 0.29) is 11.8 Å². The molecule has 1 heterocycles. The van der Waals surface area contributed by atoms with Gasteiger partial charge >= 0.3 is 0 Å². The molecule has 0 spiro atoms. The number of ether oxygens (including phenoxy) is 3. The molecule has 0 unspecified atom stereocenters. The highest BCUT2D eigenvalue weighted by Gasteiger charge is 2.59. The van der Waals surface area contributed by atoms with Crippen LogP contribution in [0.4, 0.5) is 0 Å². The zero-order valence-corrected chi connectivity index (χ0v) is 18.2. The second kappa shape index (κ2) is 8.25. The van der Waals surface area contributed by atoms with Crippen LogP contribution in [0.1, 0.15) is 13.8 Å². The highest BCUT2D eigenvalue weighted by atomic mass is 28.3. The maximum atomic E-state index is 6.37. The molecule has 0 amide bonds. The van der Waals surface area contributed by atoms with E-state index in [1.54, 1.807) is 7.11 Å². The van der Waals surface area contributed by atoms with Gasteiger partial charge in [-0.05, 0) is 29.4 Å². The molecule has 1 aliphatic heterocycles. The van der Waals surface area contributed by atoms with Crippen LogP contribution in [0.15, 0.2) is 91.0 Å². The van der Waals surface area contributed by atoms with Crippen LogP contribution in [0.25, 0.3) is 0 Å². The van der Waals surface area contributed by atoms with Crippen molar-refractivity contribution >= 4 is 23.6 Å². The zero-order chi connectivity index (χ0) is 20.3. The van der Waals surface area contributed by atoms with Gasteiger partial charge in [0.2, 0.25) is 0 Å². The second-order valence-corrected chi connectivity index (χ2v) is 11.8. The van der Waals surface area contributed by atoms with Gasteiger partial charge < -0.3 is 14.2 Å². The van der Waals surface area contributed by atoms with Crippen LogP contribution in [-0.4, -0.2) is 39.4 Å². The molecule has 0 aromatic heterocycles. The monoisotopic (exact) mass is 404 g/mol. The van der Waals surface area contributed by atoms with Crippen molar-refractivity contribution in [3.63, 3.8) is 0 Å². The normalized spacial score (nSPS) is 19.1. The fraction of sp³-hybridized carbons (Fsp3) is 0.280. The van der Waals surface area contributed by atoms with Crippen molar-refractivity contribution < 1.29 is 14.2 Å². The summed E-state index contributed by atoms with van der Waals surface area (Å²) >= 11 is 0. The molecule has 29 heavy (non-hydrogen) atoms. The molecule has 0 N–H and O–H groups in total. The first kappa shape index (κ1) is 20.0. The van der Waals surface area contributed by atoms with Gasteiger partial charge in [0.15, 0.2) is 13.9 Å². The van der Waals surface area contributed by atoms with Gasteiger partial charge in [0, 0.05) is 7.11 Å². The van der Waals surface area contributed by atoms with Crippen molar-refractivity contribution in [2.75, 3.05) is 13.7 Å². The fourth-order valence-corrected chi connectivity index (χ4v) is 9.26. The van der Waals surface area contributed by atoms with E-state index < -0.39 is 13.9 Å². The Kier molecular flexibility index (Phi) is 5.70. The summed E-state index contributed by atoms with van der Waals surface area (Å²) in [7, 11) is -0.734. The Bertz CT molecular complexity index is 816. The summed E-state index contributed by atoms with van der Waals surface area (Å²) in [4.78, 5) is 0. The third-order valence-electron chi connectivity index (χ3n) is 5.78. The molecule has 4 rings (SSSR count). The molecule has 4 heteroatoms. The van der Waals surface area contributed by atoms with Gasteiger partial charge in [0.1, 0.15) is 6.10 Å². The lowest BCUT2D eigenvalue weighted by Gasteiger charge is -2.32. The SMILES string of the molecule is COC(C)(C)OC[C@H]1O[C@@H]1[Si](c1ccccc1)(c1ccccc1)c1ccccc1. The van der Waals surface area contributed by atoms with Crippen LogP contribution < -0.4 is 15.6 Å². The van der Waals surface area contributed by atoms with Crippen LogP contribution in [0.5, 0.6) is 0 Å². The number of rotatable bonds is 8. The molecule has 0 radical (unpaired) electrons. The average Bonchev–Trinajstić information content (AvgIpc) is 3.55. The van der Waals surface area contributed by atoms with E-state index >= 15 is 0 Å². The molecule has 1 fully saturated rings. The fourth-order valence-electron chi connectivity index (χ4n) is 4.09. The summed E-state index contributed by atoms with van der Waals surface area (Å²) in [6, 6.07) is 32.5. The number of epoxide rings is 1. The molecule has 1 aliphatic rings. The van der Waals surface area contributed by atoms with E-state index in [1.165, 1.54) is 15.6 Å². The number of hydrogen-bond donors (Lipinski definition) is 0. The van der Waals surface area contributed by atoms with E-state index in [0.717, 1.165) is 0 Å². The van der Waals surface area contributed by atoms with Gasteiger partial charge in [-0.15, -0.1) is 0 Å². The molecule has 0 bridgehead atoms. The summed E-state index contributed by atoms with van der Waals surface area (Å²) < 4.78 is 17.8. The predicted octanol–water partition coefficient (Wildman–Crippen LogP) is 2.86. The first-order valence-electron chi connectivity index (χ1n) is 10.1. The molecule has 2 atom stereocenters. The molecule has 3 aromatic carbocycles. The van der Waals surface area contributed by atoms with Gasteiger partial charge in [-0.1, -0.05) is 91.0 Å². The zero-order valence-electron chi connectivity index (χ0n) is 17.2. The lowest BCUT2D eigenvalue weighted by molar-refractivity contribution is -0.198. The lowest BCUT2D eigenvalue weighted by Crippen LogP contribution is -2.72. The Morgan fingerprint density at radius 3 is 1.55 bits per heavy atom. The molecule has 150 valence electrons. The number of benzene rings is 3.